The van der Waals surface area contributed by atoms with Crippen LogP contribution in [0.3, 0.4) is 0 Å². The zero-order valence-corrected chi connectivity index (χ0v) is 10.8. The summed E-state index contributed by atoms with van der Waals surface area (Å²) in [6.45, 7) is 2.29. The number of methoxy groups -OCH3 is 1. The highest BCUT2D eigenvalue weighted by Gasteiger charge is 2.16. The van der Waals surface area contributed by atoms with Crippen molar-refractivity contribution in [1.29, 1.82) is 0 Å². The van der Waals surface area contributed by atoms with Gasteiger partial charge in [0, 0.05) is 18.8 Å². The zero-order valence-electron chi connectivity index (χ0n) is 10.8. The molecule has 1 aromatic carbocycles. The molecule has 2 rings (SSSR count). The maximum absolute atomic E-state index is 5.19. The lowest BCUT2D eigenvalue weighted by atomic mass is 10.1. The first-order valence-corrected chi connectivity index (χ1v) is 6.39. The minimum absolute atomic E-state index is 0.651. The summed E-state index contributed by atoms with van der Waals surface area (Å²) in [5.41, 5.74) is 1.28. The van der Waals surface area contributed by atoms with Crippen LogP contribution >= 0.6 is 0 Å². The third kappa shape index (κ3) is 3.13. The Labute approximate surface area is 104 Å². The van der Waals surface area contributed by atoms with E-state index in [1.54, 1.807) is 7.11 Å². The highest BCUT2D eigenvalue weighted by Crippen LogP contribution is 2.23. The van der Waals surface area contributed by atoms with Crippen LogP contribution in [0.15, 0.2) is 24.3 Å². The van der Waals surface area contributed by atoms with E-state index in [0.717, 1.165) is 18.8 Å². The summed E-state index contributed by atoms with van der Waals surface area (Å²) in [6.07, 6.45) is 3.77. The molecule has 0 radical (unpaired) electrons. The van der Waals surface area contributed by atoms with Crippen molar-refractivity contribution in [3.63, 3.8) is 0 Å². The molecule has 0 amide bonds. The number of nitrogens with one attached hydrogen (secondary N) is 1. The Bertz CT molecular complexity index is 329. The van der Waals surface area contributed by atoms with Gasteiger partial charge in [-0.25, -0.2) is 0 Å². The van der Waals surface area contributed by atoms with Gasteiger partial charge in [0.1, 0.15) is 5.75 Å². The van der Waals surface area contributed by atoms with Crippen molar-refractivity contribution in [2.24, 2.45) is 0 Å². The van der Waals surface area contributed by atoms with Gasteiger partial charge in [-0.15, -0.1) is 0 Å². The van der Waals surface area contributed by atoms with E-state index < -0.39 is 0 Å². The van der Waals surface area contributed by atoms with Gasteiger partial charge in [-0.1, -0.05) is 0 Å². The molecule has 1 N–H and O–H groups in total. The molecule has 1 saturated heterocycles. The van der Waals surface area contributed by atoms with Crippen LogP contribution in [0.5, 0.6) is 5.75 Å². The predicted octanol–water partition coefficient (Wildman–Crippen LogP) is 2.27. The van der Waals surface area contributed by atoms with Gasteiger partial charge in [0.25, 0.3) is 0 Å². The maximum Gasteiger partial charge on any atom is 0.119 e. The maximum atomic E-state index is 5.19. The smallest absolute Gasteiger partial charge is 0.119 e. The molecule has 3 heteroatoms. The Morgan fingerprint density at radius 1 is 1.18 bits per heavy atom. The Morgan fingerprint density at radius 2 is 1.94 bits per heavy atom. The normalized spacial score (nSPS) is 20.7. The van der Waals surface area contributed by atoms with Crippen molar-refractivity contribution in [1.82, 2.24) is 5.32 Å². The Balaban J connectivity index is 2.03. The number of hydrogen-bond acceptors (Lipinski definition) is 3. The van der Waals surface area contributed by atoms with Gasteiger partial charge in [-0.2, -0.15) is 0 Å². The molecular formula is C14H22N2O. The molecule has 94 valence electrons. The predicted molar refractivity (Wildman–Crippen MR) is 71.9 cm³/mol. The summed E-state index contributed by atoms with van der Waals surface area (Å²) in [6, 6.07) is 8.98. The summed E-state index contributed by atoms with van der Waals surface area (Å²) >= 11 is 0. The number of rotatable bonds is 3. The SMILES string of the molecule is COc1ccc(N(C)C2CCCNCC2)cc1. The van der Waals surface area contributed by atoms with Crippen LogP contribution < -0.4 is 15.0 Å². The number of anilines is 1. The molecule has 0 spiro atoms. The first kappa shape index (κ1) is 12.2. The van der Waals surface area contributed by atoms with E-state index in [4.69, 9.17) is 4.74 Å². The third-order valence-corrected chi connectivity index (χ3v) is 3.57. The molecule has 1 heterocycles. The van der Waals surface area contributed by atoms with Gasteiger partial charge in [-0.05, 0) is 56.6 Å². The summed E-state index contributed by atoms with van der Waals surface area (Å²) in [7, 11) is 3.90. The molecule has 0 saturated carbocycles. The highest BCUT2D eigenvalue weighted by atomic mass is 16.5. The van der Waals surface area contributed by atoms with E-state index in [1.807, 2.05) is 12.1 Å². The van der Waals surface area contributed by atoms with Crippen LogP contribution in [0.25, 0.3) is 0 Å². The molecule has 0 aromatic heterocycles. The minimum atomic E-state index is 0.651. The third-order valence-electron chi connectivity index (χ3n) is 3.57. The van der Waals surface area contributed by atoms with Crippen LogP contribution in [0, 0.1) is 0 Å². The van der Waals surface area contributed by atoms with Crippen molar-refractivity contribution in [2.75, 3.05) is 32.1 Å². The first-order chi connectivity index (χ1) is 8.31. The fraction of sp³-hybridized carbons (Fsp3) is 0.571. The van der Waals surface area contributed by atoms with E-state index in [0.29, 0.717) is 6.04 Å². The van der Waals surface area contributed by atoms with Crippen LogP contribution in [-0.2, 0) is 0 Å². The first-order valence-electron chi connectivity index (χ1n) is 6.39. The molecule has 1 aromatic rings. The van der Waals surface area contributed by atoms with Crippen molar-refractivity contribution in [3.05, 3.63) is 24.3 Å². The van der Waals surface area contributed by atoms with Crippen LogP contribution in [0.2, 0.25) is 0 Å². The summed E-state index contributed by atoms with van der Waals surface area (Å²) in [5.74, 6) is 0.921. The Hall–Kier alpha value is -1.22. The van der Waals surface area contributed by atoms with Crippen LogP contribution in [-0.4, -0.2) is 33.3 Å². The van der Waals surface area contributed by atoms with E-state index in [-0.39, 0.29) is 0 Å². The van der Waals surface area contributed by atoms with Gasteiger partial charge in [-0.3, -0.25) is 0 Å². The van der Waals surface area contributed by atoms with Gasteiger partial charge in [0.2, 0.25) is 0 Å². The topological polar surface area (TPSA) is 24.5 Å². The van der Waals surface area contributed by atoms with Crippen molar-refractivity contribution in [3.8, 4) is 5.75 Å². The van der Waals surface area contributed by atoms with Crippen LogP contribution in [0.4, 0.5) is 5.69 Å². The molecule has 17 heavy (non-hydrogen) atoms. The lowest BCUT2D eigenvalue weighted by Gasteiger charge is -2.29. The van der Waals surface area contributed by atoms with Crippen molar-refractivity contribution < 1.29 is 4.74 Å². The Kier molecular flexibility index (Phi) is 4.26. The quantitative estimate of drug-likeness (QED) is 0.868. The average molecular weight is 234 g/mol. The minimum Gasteiger partial charge on any atom is -0.497 e. The Morgan fingerprint density at radius 3 is 2.65 bits per heavy atom. The molecule has 1 atom stereocenters. The second kappa shape index (κ2) is 5.92. The largest absolute Gasteiger partial charge is 0.497 e. The molecule has 0 bridgehead atoms. The van der Waals surface area contributed by atoms with Crippen LogP contribution in [0.1, 0.15) is 19.3 Å². The molecule has 1 unspecified atom stereocenters. The standard InChI is InChI=1S/C14H22N2O/c1-16(12-4-3-10-15-11-9-12)13-5-7-14(17-2)8-6-13/h5-8,12,15H,3-4,9-11H2,1-2H3. The van der Waals surface area contributed by atoms with Gasteiger partial charge in [0.15, 0.2) is 0 Å². The molecule has 1 aliphatic rings. The molecular weight excluding hydrogens is 212 g/mol. The number of nitrogens with zero attached hydrogens (tertiary/aromatic N) is 1. The monoisotopic (exact) mass is 234 g/mol. The van der Waals surface area contributed by atoms with Crippen molar-refractivity contribution >= 4 is 5.69 Å². The second-order valence-electron chi connectivity index (χ2n) is 4.64. The van der Waals surface area contributed by atoms with E-state index in [1.165, 1.54) is 24.9 Å². The number of benzene rings is 1. The number of hydrogen-bond donors (Lipinski definition) is 1. The van der Waals surface area contributed by atoms with E-state index in [2.05, 4.69) is 29.4 Å². The summed E-state index contributed by atoms with van der Waals surface area (Å²) in [4.78, 5) is 2.40. The zero-order chi connectivity index (χ0) is 12.1. The average Bonchev–Trinajstić information content (AvgIpc) is 2.67. The van der Waals surface area contributed by atoms with Gasteiger partial charge < -0.3 is 15.0 Å². The lowest BCUT2D eigenvalue weighted by Crippen LogP contribution is -2.32. The highest BCUT2D eigenvalue weighted by molar-refractivity contribution is 5.49. The molecule has 3 nitrogen and oxygen atoms in total. The summed E-state index contributed by atoms with van der Waals surface area (Å²) < 4.78 is 5.19. The fourth-order valence-corrected chi connectivity index (χ4v) is 2.42. The summed E-state index contributed by atoms with van der Waals surface area (Å²) in [5, 5.41) is 3.46. The fourth-order valence-electron chi connectivity index (χ4n) is 2.42. The second-order valence-corrected chi connectivity index (χ2v) is 4.64. The molecule has 0 aliphatic carbocycles. The number of ether oxygens (including phenoxy) is 1. The van der Waals surface area contributed by atoms with Gasteiger partial charge >= 0.3 is 0 Å². The van der Waals surface area contributed by atoms with E-state index >= 15 is 0 Å². The molecule has 1 fully saturated rings. The van der Waals surface area contributed by atoms with Gasteiger partial charge in [0.05, 0.1) is 7.11 Å². The van der Waals surface area contributed by atoms with E-state index in [9.17, 15) is 0 Å². The molecule has 1 aliphatic heterocycles. The van der Waals surface area contributed by atoms with Crippen molar-refractivity contribution in [2.45, 2.75) is 25.3 Å². The lowest BCUT2D eigenvalue weighted by molar-refractivity contribution is 0.414.